The van der Waals surface area contributed by atoms with E-state index in [2.05, 4.69) is 103 Å². The number of hydrogen-bond acceptors (Lipinski definition) is 0. The molecule has 4 heteroatoms. The lowest BCUT2D eigenvalue weighted by molar-refractivity contribution is 0.585. The normalized spacial score (nSPS) is 28.0. The van der Waals surface area contributed by atoms with Gasteiger partial charge in [-0.3, -0.25) is 0 Å². The van der Waals surface area contributed by atoms with Crippen LogP contribution in [0.5, 0.6) is 0 Å². The largest absolute Gasteiger partial charge is 0.0693 e. The van der Waals surface area contributed by atoms with Gasteiger partial charge in [0, 0.05) is 16.1 Å². The fourth-order valence-corrected chi connectivity index (χ4v) is 25.2. The topological polar surface area (TPSA) is 0 Å². The molecule has 0 bridgehead atoms. The molecule has 0 saturated heterocycles. The average molecular weight is 421 g/mol. The summed E-state index contributed by atoms with van der Waals surface area (Å²) in [6.45, 7) is 31.9. The second kappa shape index (κ2) is 6.85. The summed E-state index contributed by atoms with van der Waals surface area (Å²) < 4.78 is 0. The van der Waals surface area contributed by atoms with Crippen LogP contribution in [0.2, 0.25) is 89.6 Å². The van der Waals surface area contributed by atoms with Crippen molar-refractivity contribution in [3.63, 3.8) is 0 Å². The van der Waals surface area contributed by atoms with Crippen molar-refractivity contribution in [3.05, 3.63) is 35.4 Å². The van der Waals surface area contributed by atoms with Gasteiger partial charge in [-0.25, -0.2) is 0 Å². The molecule has 0 saturated carbocycles. The van der Waals surface area contributed by atoms with Crippen LogP contribution < -0.4 is 0 Å². The highest BCUT2D eigenvalue weighted by atomic mass is 28.3. The van der Waals surface area contributed by atoms with Crippen LogP contribution in [0, 0.1) is 0 Å². The van der Waals surface area contributed by atoms with Crippen LogP contribution >= 0.6 is 0 Å². The van der Waals surface area contributed by atoms with Crippen LogP contribution in [0.15, 0.2) is 24.3 Å². The highest BCUT2D eigenvalue weighted by Crippen LogP contribution is 2.64. The number of hydrogen-bond donors (Lipinski definition) is 0. The minimum absolute atomic E-state index is 0.842. The summed E-state index contributed by atoms with van der Waals surface area (Å²) in [4.78, 5) is 0. The van der Waals surface area contributed by atoms with Gasteiger partial charge in [0.25, 0.3) is 0 Å². The van der Waals surface area contributed by atoms with Crippen molar-refractivity contribution < 1.29 is 0 Å². The van der Waals surface area contributed by atoms with Crippen molar-refractivity contribution in [2.75, 3.05) is 0 Å². The molecule has 1 aromatic rings. The number of benzene rings is 1. The minimum Gasteiger partial charge on any atom is -0.0693 e. The molecule has 0 spiro atoms. The van der Waals surface area contributed by atoms with E-state index in [1.807, 2.05) is 0 Å². The van der Waals surface area contributed by atoms with Crippen molar-refractivity contribution in [1.82, 2.24) is 0 Å². The van der Waals surface area contributed by atoms with Crippen LogP contribution in [-0.4, -0.2) is 32.3 Å². The fraction of sp³-hybridized carbons (Fsp3) is 0.727. The Balaban J connectivity index is 2.91. The van der Waals surface area contributed by atoms with Gasteiger partial charge >= 0.3 is 0 Å². The Kier molecular flexibility index (Phi) is 5.90. The van der Waals surface area contributed by atoms with E-state index in [4.69, 9.17) is 0 Å². The van der Waals surface area contributed by atoms with Gasteiger partial charge in [-0.1, -0.05) is 103 Å². The Hall–Kier alpha value is 0.0875. The zero-order valence-electron chi connectivity index (χ0n) is 19.6. The molecule has 0 heterocycles. The molecule has 0 amide bonds. The van der Waals surface area contributed by atoms with Crippen molar-refractivity contribution in [1.29, 1.82) is 0 Å². The molecule has 0 radical (unpaired) electrons. The summed E-state index contributed by atoms with van der Waals surface area (Å²) in [6.07, 6.45) is 0. The summed E-state index contributed by atoms with van der Waals surface area (Å²) in [5.41, 5.74) is 7.12. The van der Waals surface area contributed by atoms with Crippen LogP contribution in [0.1, 0.15) is 22.2 Å². The van der Waals surface area contributed by atoms with Crippen LogP contribution in [0.3, 0.4) is 0 Å². The molecule has 0 nitrogen and oxygen atoms in total. The smallest absolute Gasteiger partial charge is 0.0521 e. The third-order valence-electron chi connectivity index (χ3n) is 6.64. The van der Waals surface area contributed by atoms with Gasteiger partial charge in [0.1, 0.15) is 0 Å². The molecule has 0 aromatic heterocycles. The first-order valence-corrected chi connectivity index (χ1v) is 24.9. The van der Waals surface area contributed by atoms with Gasteiger partial charge < -0.3 is 0 Å². The zero-order chi connectivity index (χ0) is 20.3. The van der Waals surface area contributed by atoms with Gasteiger partial charge in [-0.05, 0) is 33.3 Å². The monoisotopic (exact) mass is 420 g/mol. The Morgan fingerprint density at radius 2 is 0.731 bits per heavy atom. The summed E-state index contributed by atoms with van der Waals surface area (Å²) in [5, 5.41) is 0. The lowest BCUT2D eigenvalue weighted by atomic mass is 9.89. The van der Waals surface area contributed by atoms with E-state index in [0.29, 0.717) is 0 Å². The van der Waals surface area contributed by atoms with E-state index in [9.17, 15) is 0 Å². The Bertz CT molecular complexity index is 581. The van der Waals surface area contributed by atoms with E-state index in [0.717, 1.165) is 22.2 Å². The molecule has 1 aliphatic rings. The minimum atomic E-state index is -1.32. The molecule has 1 aliphatic carbocycles. The lowest BCUT2D eigenvalue weighted by Gasteiger charge is -2.59. The maximum absolute atomic E-state index is 2.67. The second-order valence-corrected chi connectivity index (χ2v) is 34.6. The van der Waals surface area contributed by atoms with E-state index >= 15 is 0 Å². The molecular formula is C22H44Si4. The standard InChI is InChI=1S/C22H44Si4/c1-23(2,3)19-17-15-13-14-16-18(17)20(24(4,5)6)22(26(10,11)12)21(19)25(7,8)9/h13-16,19-22H,1-12H3. The van der Waals surface area contributed by atoms with Crippen LogP contribution in [0.4, 0.5) is 0 Å². The molecule has 1 aromatic carbocycles. The van der Waals surface area contributed by atoms with Crippen molar-refractivity contribution in [2.45, 2.75) is 101 Å². The van der Waals surface area contributed by atoms with Crippen LogP contribution in [0.25, 0.3) is 0 Å². The average Bonchev–Trinajstić information content (AvgIpc) is 2.40. The number of fused-ring (bicyclic) bond motifs is 1. The molecule has 26 heavy (non-hydrogen) atoms. The third kappa shape index (κ3) is 4.23. The van der Waals surface area contributed by atoms with E-state index < -0.39 is 32.3 Å². The third-order valence-corrected chi connectivity index (χ3v) is 18.1. The molecule has 0 N–H and O–H groups in total. The molecule has 4 atom stereocenters. The summed E-state index contributed by atoms with van der Waals surface area (Å²) in [5.74, 6) is 0. The Labute approximate surface area is 168 Å². The summed E-state index contributed by atoms with van der Waals surface area (Å²) in [6, 6.07) is 9.70. The molecule has 4 unspecified atom stereocenters. The highest BCUT2D eigenvalue weighted by molar-refractivity contribution is 6.89. The maximum atomic E-state index is 2.67. The Morgan fingerprint density at radius 3 is 0.923 bits per heavy atom. The van der Waals surface area contributed by atoms with Gasteiger partial charge in [-0.2, -0.15) is 0 Å². The summed E-state index contributed by atoms with van der Waals surface area (Å²) >= 11 is 0. The van der Waals surface area contributed by atoms with Gasteiger partial charge in [0.05, 0.1) is 16.1 Å². The van der Waals surface area contributed by atoms with E-state index in [1.165, 1.54) is 0 Å². The molecule has 148 valence electrons. The molecule has 2 rings (SSSR count). The van der Waals surface area contributed by atoms with Crippen molar-refractivity contribution in [3.8, 4) is 0 Å². The second-order valence-electron chi connectivity index (χ2n) is 13.1. The SMILES string of the molecule is C[Si](C)(C)C1c2ccccc2C([Si](C)(C)C)C([Si](C)(C)C)C1[Si](C)(C)C. The van der Waals surface area contributed by atoms with E-state index in [1.54, 1.807) is 11.1 Å². The zero-order valence-corrected chi connectivity index (χ0v) is 23.6. The van der Waals surface area contributed by atoms with E-state index in [-0.39, 0.29) is 0 Å². The molecule has 0 aliphatic heterocycles. The van der Waals surface area contributed by atoms with Crippen molar-refractivity contribution in [2.24, 2.45) is 0 Å². The van der Waals surface area contributed by atoms with Crippen molar-refractivity contribution >= 4 is 32.3 Å². The molecular weight excluding hydrogens is 377 g/mol. The first-order valence-electron chi connectivity index (χ1n) is 10.6. The van der Waals surface area contributed by atoms with Crippen LogP contribution in [-0.2, 0) is 0 Å². The van der Waals surface area contributed by atoms with Gasteiger partial charge in [0.2, 0.25) is 0 Å². The van der Waals surface area contributed by atoms with Gasteiger partial charge in [-0.15, -0.1) is 0 Å². The molecule has 0 fully saturated rings. The summed E-state index contributed by atoms with van der Waals surface area (Å²) in [7, 11) is -5.23. The first kappa shape index (κ1) is 22.4. The lowest BCUT2D eigenvalue weighted by Crippen LogP contribution is -2.56. The maximum Gasteiger partial charge on any atom is 0.0521 e. The number of rotatable bonds is 4. The van der Waals surface area contributed by atoms with Gasteiger partial charge in [0.15, 0.2) is 0 Å². The first-order chi connectivity index (χ1) is 11.5. The fourth-order valence-electron chi connectivity index (χ4n) is 5.97. The highest BCUT2D eigenvalue weighted by Gasteiger charge is 2.57. The quantitative estimate of drug-likeness (QED) is 0.432. The Morgan fingerprint density at radius 1 is 0.462 bits per heavy atom. The predicted octanol–water partition coefficient (Wildman–Crippen LogP) is 8.04. The predicted molar refractivity (Wildman–Crippen MR) is 133 cm³/mol.